The molecular weight excluding hydrogens is 256 g/mol. The second kappa shape index (κ2) is 7.36. The Balaban J connectivity index is 1.91. The maximum Gasteiger partial charge on any atom is 0.120 e. The smallest absolute Gasteiger partial charge is 0.120 e. The van der Waals surface area contributed by atoms with Crippen LogP contribution in [0.25, 0.3) is 0 Å². The van der Waals surface area contributed by atoms with Crippen LogP contribution in [0, 0.1) is 6.92 Å². The lowest BCUT2D eigenvalue weighted by Gasteiger charge is -2.32. The molecule has 1 N–H and O–H groups in total. The van der Waals surface area contributed by atoms with Gasteiger partial charge in [0.05, 0.1) is 13.1 Å². The van der Waals surface area contributed by atoms with Gasteiger partial charge < -0.3 is 9.73 Å². The van der Waals surface area contributed by atoms with Crippen LogP contribution < -0.4 is 5.32 Å². The van der Waals surface area contributed by atoms with E-state index in [0.717, 1.165) is 37.6 Å². The van der Waals surface area contributed by atoms with Gasteiger partial charge in [-0.25, -0.2) is 0 Å². The highest BCUT2D eigenvalue weighted by Crippen LogP contribution is 2.21. The molecule has 0 aromatic carbocycles. The Morgan fingerprint density at radius 1 is 1.53 bits per heavy atom. The third-order valence-corrected chi connectivity index (χ3v) is 4.84. The molecule has 1 aliphatic rings. The predicted molar refractivity (Wildman–Crippen MR) is 82.6 cm³/mol. The summed E-state index contributed by atoms with van der Waals surface area (Å²) in [4.78, 5) is 2.53. The van der Waals surface area contributed by atoms with E-state index in [9.17, 15) is 0 Å². The largest absolute Gasteiger partial charge is 0.463 e. The zero-order valence-electron chi connectivity index (χ0n) is 12.4. The number of rotatable bonds is 6. The van der Waals surface area contributed by atoms with Crippen molar-refractivity contribution in [1.82, 2.24) is 10.2 Å². The van der Waals surface area contributed by atoms with E-state index in [0.29, 0.717) is 6.04 Å². The fraction of sp³-hybridized carbons (Fsp3) is 0.733. The summed E-state index contributed by atoms with van der Waals surface area (Å²) in [6, 6.07) is 2.86. The van der Waals surface area contributed by atoms with Crippen LogP contribution in [0.3, 0.4) is 0 Å². The molecule has 0 amide bonds. The summed E-state index contributed by atoms with van der Waals surface area (Å²) in [7, 11) is 0. The molecule has 4 heteroatoms. The Labute approximate surface area is 121 Å². The second-order valence-corrected chi connectivity index (χ2v) is 6.54. The minimum Gasteiger partial charge on any atom is -0.463 e. The van der Waals surface area contributed by atoms with Crippen molar-refractivity contribution in [2.24, 2.45) is 0 Å². The summed E-state index contributed by atoms with van der Waals surface area (Å²) in [5, 5.41) is 3.41. The van der Waals surface area contributed by atoms with E-state index in [1.807, 2.05) is 0 Å². The topological polar surface area (TPSA) is 28.4 Å². The minimum atomic E-state index is 0.658. The Bertz CT molecular complexity index is 391. The van der Waals surface area contributed by atoms with Crippen molar-refractivity contribution in [3.05, 3.63) is 23.2 Å². The second-order valence-electron chi connectivity index (χ2n) is 5.39. The van der Waals surface area contributed by atoms with Crippen LogP contribution in [0.15, 0.2) is 10.5 Å². The quantitative estimate of drug-likeness (QED) is 0.812. The first-order valence-electron chi connectivity index (χ1n) is 7.31. The Morgan fingerprint density at radius 3 is 3.11 bits per heavy atom. The van der Waals surface area contributed by atoms with E-state index in [2.05, 4.69) is 48.8 Å². The number of hydrogen-bond acceptors (Lipinski definition) is 4. The summed E-state index contributed by atoms with van der Waals surface area (Å²) < 4.78 is 6.00. The molecule has 0 aliphatic carbocycles. The normalized spacial score (nSPS) is 20.9. The first-order chi connectivity index (χ1) is 9.20. The van der Waals surface area contributed by atoms with Crippen molar-refractivity contribution in [2.45, 2.75) is 46.3 Å². The number of thioether (sulfide) groups is 1. The van der Waals surface area contributed by atoms with E-state index in [4.69, 9.17) is 4.42 Å². The van der Waals surface area contributed by atoms with Crippen LogP contribution in [0.5, 0.6) is 0 Å². The minimum absolute atomic E-state index is 0.658. The van der Waals surface area contributed by atoms with Crippen molar-refractivity contribution in [3.63, 3.8) is 0 Å². The van der Waals surface area contributed by atoms with E-state index in [-0.39, 0.29) is 0 Å². The lowest BCUT2D eigenvalue weighted by Crippen LogP contribution is -2.39. The summed E-state index contributed by atoms with van der Waals surface area (Å²) in [6.07, 6.45) is 1.16. The Hall–Kier alpha value is -0.450. The molecule has 108 valence electrons. The van der Waals surface area contributed by atoms with Gasteiger partial charge in [-0.1, -0.05) is 6.92 Å². The fourth-order valence-electron chi connectivity index (χ4n) is 2.42. The molecule has 0 saturated carbocycles. The van der Waals surface area contributed by atoms with Crippen LogP contribution in [-0.2, 0) is 13.1 Å². The number of nitrogens with one attached hydrogen (secondary N) is 1. The molecule has 1 unspecified atom stereocenters. The molecule has 1 aromatic rings. The molecule has 0 bridgehead atoms. The van der Waals surface area contributed by atoms with E-state index < -0.39 is 0 Å². The van der Waals surface area contributed by atoms with E-state index >= 15 is 0 Å². The molecule has 2 heterocycles. The Morgan fingerprint density at radius 2 is 2.37 bits per heavy atom. The maximum atomic E-state index is 6.00. The van der Waals surface area contributed by atoms with Gasteiger partial charge in [0.15, 0.2) is 0 Å². The molecule has 1 aliphatic heterocycles. The maximum absolute atomic E-state index is 6.00. The van der Waals surface area contributed by atoms with Crippen LogP contribution >= 0.6 is 11.8 Å². The summed E-state index contributed by atoms with van der Waals surface area (Å²) >= 11 is 2.06. The monoisotopic (exact) mass is 282 g/mol. The standard InChI is InChI=1S/C15H26N2OS/c1-4-5-16-9-15-12(2)8-14(18-15)10-17-6-7-19-11-13(17)3/h8,13,16H,4-7,9-11H2,1-3H3. The predicted octanol–water partition coefficient (Wildman–Crippen LogP) is 3.02. The van der Waals surface area contributed by atoms with Crippen LogP contribution in [-0.4, -0.2) is 35.5 Å². The molecule has 0 spiro atoms. The highest BCUT2D eigenvalue weighted by Gasteiger charge is 2.20. The van der Waals surface area contributed by atoms with Gasteiger partial charge in [-0.3, -0.25) is 4.90 Å². The SMILES string of the molecule is CCCNCc1oc(CN2CCSCC2C)cc1C. The third kappa shape index (κ3) is 4.26. The van der Waals surface area contributed by atoms with Crippen LogP contribution in [0.4, 0.5) is 0 Å². The van der Waals surface area contributed by atoms with Crippen molar-refractivity contribution >= 4 is 11.8 Å². The molecule has 1 aromatic heterocycles. The molecule has 0 radical (unpaired) electrons. The average molecular weight is 282 g/mol. The Kier molecular flexibility index (Phi) is 5.79. The third-order valence-electron chi connectivity index (χ3n) is 3.65. The van der Waals surface area contributed by atoms with Gasteiger partial charge in [0, 0.05) is 24.1 Å². The number of nitrogens with zero attached hydrogens (tertiary/aromatic N) is 1. The van der Waals surface area contributed by atoms with Gasteiger partial charge in [-0.05, 0) is 38.4 Å². The number of aryl methyl sites for hydroxylation is 1. The van der Waals surface area contributed by atoms with Gasteiger partial charge in [0.1, 0.15) is 11.5 Å². The van der Waals surface area contributed by atoms with Gasteiger partial charge in [0.25, 0.3) is 0 Å². The average Bonchev–Trinajstić information content (AvgIpc) is 2.73. The molecule has 1 fully saturated rings. The zero-order valence-corrected chi connectivity index (χ0v) is 13.2. The molecule has 1 saturated heterocycles. The lowest BCUT2D eigenvalue weighted by molar-refractivity contribution is 0.204. The molecule has 19 heavy (non-hydrogen) atoms. The first kappa shape index (κ1) is 14.9. The van der Waals surface area contributed by atoms with Crippen LogP contribution in [0.2, 0.25) is 0 Å². The van der Waals surface area contributed by atoms with Crippen molar-refractivity contribution in [2.75, 3.05) is 24.6 Å². The summed E-state index contributed by atoms with van der Waals surface area (Å²) in [5.41, 5.74) is 1.28. The number of hydrogen-bond donors (Lipinski definition) is 1. The van der Waals surface area contributed by atoms with E-state index in [1.54, 1.807) is 0 Å². The van der Waals surface area contributed by atoms with Gasteiger partial charge >= 0.3 is 0 Å². The first-order valence-corrected chi connectivity index (χ1v) is 8.47. The molecule has 3 nitrogen and oxygen atoms in total. The van der Waals surface area contributed by atoms with Gasteiger partial charge in [0.2, 0.25) is 0 Å². The van der Waals surface area contributed by atoms with E-state index in [1.165, 1.54) is 23.6 Å². The zero-order chi connectivity index (χ0) is 13.7. The highest BCUT2D eigenvalue weighted by atomic mass is 32.2. The highest BCUT2D eigenvalue weighted by molar-refractivity contribution is 7.99. The van der Waals surface area contributed by atoms with Crippen molar-refractivity contribution in [1.29, 1.82) is 0 Å². The molecule has 1 atom stereocenters. The molecule has 2 rings (SSSR count). The molecular formula is C15H26N2OS. The number of furan rings is 1. The van der Waals surface area contributed by atoms with Crippen LogP contribution in [0.1, 0.15) is 37.4 Å². The van der Waals surface area contributed by atoms with Crippen molar-refractivity contribution in [3.8, 4) is 0 Å². The van der Waals surface area contributed by atoms with Gasteiger partial charge in [-0.2, -0.15) is 11.8 Å². The summed E-state index contributed by atoms with van der Waals surface area (Å²) in [5.74, 6) is 4.70. The lowest BCUT2D eigenvalue weighted by atomic mass is 10.2. The van der Waals surface area contributed by atoms with Gasteiger partial charge in [-0.15, -0.1) is 0 Å². The summed E-state index contributed by atoms with van der Waals surface area (Å²) in [6.45, 7) is 10.7. The fourth-order valence-corrected chi connectivity index (χ4v) is 3.50. The van der Waals surface area contributed by atoms with Crippen molar-refractivity contribution < 1.29 is 4.42 Å².